The molecule has 1 atom stereocenters. The Morgan fingerprint density at radius 3 is 2.58 bits per heavy atom. The molecule has 1 heterocycles. The first-order valence-electron chi connectivity index (χ1n) is 11.5. The standard InChI is InChI=1S/C24H41N5O2/c1-7-29-14-8-9-19(17-29)15-25-23(26-16-22(30)28-24(4,5)6)27-20-10-12-21(13-11-20)31-18(2)3/h10-13,18-19H,7-9,14-17H2,1-6H3,(H,28,30)(H2,25,26,27). The molecule has 1 aromatic rings. The third-order valence-corrected chi connectivity index (χ3v) is 4.99. The highest BCUT2D eigenvalue weighted by Gasteiger charge is 2.19. The van der Waals surface area contributed by atoms with E-state index >= 15 is 0 Å². The van der Waals surface area contributed by atoms with E-state index in [0.29, 0.717) is 11.9 Å². The molecule has 0 aliphatic carbocycles. The minimum absolute atomic E-state index is 0.0763. The van der Waals surface area contributed by atoms with Crippen molar-refractivity contribution in [1.29, 1.82) is 0 Å². The Kier molecular flexibility index (Phi) is 9.62. The van der Waals surface area contributed by atoms with E-state index < -0.39 is 0 Å². The monoisotopic (exact) mass is 431 g/mol. The fourth-order valence-electron chi connectivity index (χ4n) is 3.62. The topological polar surface area (TPSA) is 78.0 Å². The summed E-state index contributed by atoms with van der Waals surface area (Å²) in [6.45, 7) is 16.4. The van der Waals surface area contributed by atoms with E-state index in [1.54, 1.807) is 0 Å². The summed E-state index contributed by atoms with van der Waals surface area (Å²) in [7, 11) is 0. The van der Waals surface area contributed by atoms with Crippen molar-refractivity contribution in [3.8, 4) is 5.75 Å². The number of guanidine groups is 1. The molecule has 1 aliphatic heterocycles. The summed E-state index contributed by atoms with van der Waals surface area (Å²) in [5.74, 6) is 1.93. The normalized spacial score (nSPS) is 18.0. The second-order valence-electron chi connectivity index (χ2n) is 9.56. The highest BCUT2D eigenvalue weighted by molar-refractivity contribution is 5.95. The molecule has 7 heteroatoms. The molecule has 7 nitrogen and oxygen atoms in total. The number of nitrogens with one attached hydrogen (secondary N) is 3. The number of aliphatic imine (C=N–C) groups is 1. The minimum atomic E-state index is -0.272. The van der Waals surface area contributed by atoms with Crippen LogP contribution in [-0.4, -0.2) is 61.1 Å². The molecule has 1 amide bonds. The van der Waals surface area contributed by atoms with Crippen LogP contribution in [0.25, 0.3) is 0 Å². The molecule has 0 aromatic heterocycles. The zero-order valence-corrected chi connectivity index (χ0v) is 20.1. The summed E-state index contributed by atoms with van der Waals surface area (Å²) in [4.78, 5) is 19.3. The third kappa shape index (κ3) is 10.0. The van der Waals surface area contributed by atoms with Gasteiger partial charge in [-0.2, -0.15) is 0 Å². The summed E-state index contributed by atoms with van der Waals surface area (Å²) in [6.07, 6.45) is 2.57. The SMILES string of the molecule is CCN1CCCC(CNC(=NCC(=O)NC(C)(C)C)Nc2ccc(OC(C)C)cc2)C1. The van der Waals surface area contributed by atoms with Gasteiger partial charge in [0.1, 0.15) is 12.3 Å². The Balaban J connectivity index is 2.02. The number of carbonyl (C=O) groups excluding carboxylic acids is 1. The van der Waals surface area contributed by atoms with Gasteiger partial charge in [0, 0.05) is 24.3 Å². The smallest absolute Gasteiger partial charge is 0.242 e. The molecule has 1 saturated heterocycles. The first-order valence-corrected chi connectivity index (χ1v) is 11.5. The van der Waals surface area contributed by atoms with Crippen molar-refractivity contribution < 1.29 is 9.53 Å². The number of hydrogen-bond acceptors (Lipinski definition) is 4. The number of piperidine rings is 1. The summed E-state index contributed by atoms with van der Waals surface area (Å²) in [5.41, 5.74) is 0.628. The van der Waals surface area contributed by atoms with E-state index in [9.17, 15) is 4.79 Å². The number of carbonyl (C=O) groups is 1. The summed E-state index contributed by atoms with van der Waals surface area (Å²) >= 11 is 0. The molecule has 1 unspecified atom stereocenters. The second-order valence-corrected chi connectivity index (χ2v) is 9.56. The van der Waals surface area contributed by atoms with Crippen molar-refractivity contribution >= 4 is 17.6 Å². The number of nitrogens with zero attached hydrogens (tertiary/aromatic N) is 2. The van der Waals surface area contributed by atoms with Gasteiger partial charge in [0.15, 0.2) is 5.96 Å². The molecule has 1 aliphatic rings. The van der Waals surface area contributed by atoms with Crippen molar-refractivity contribution in [3.63, 3.8) is 0 Å². The lowest BCUT2D eigenvalue weighted by atomic mass is 9.98. The summed E-state index contributed by atoms with van der Waals surface area (Å²) < 4.78 is 5.72. The van der Waals surface area contributed by atoms with E-state index in [4.69, 9.17) is 4.74 Å². The Hall–Kier alpha value is -2.28. The fraction of sp³-hybridized carbons (Fsp3) is 0.667. The average Bonchev–Trinajstić information content (AvgIpc) is 2.70. The van der Waals surface area contributed by atoms with Crippen molar-refractivity contribution in [3.05, 3.63) is 24.3 Å². The third-order valence-electron chi connectivity index (χ3n) is 4.99. The van der Waals surface area contributed by atoms with Crippen molar-refractivity contribution in [1.82, 2.24) is 15.5 Å². The molecule has 174 valence electrons. The van der Waals surface area contributed by atoms with Crippen LogP contribution in [0.1, 0.15) is 54.4 Å². The predicted molar refractivity (Wildman–Crippen MR) is 129 cm³/mol. The van der Waals surface area contributed by atoms with Gasteiger partial charge in [0.2, 0.25) is 5.91 Å². The van der Waals surface area contributed by atoms with E-state index in [1.165, 1.54) is 19.4 Å². The molecular formula is C24H41N5O2. The van der Waals surface area contributed by atoms with Gasteiger partial charge in [-0.05, 0) is 90.7 Å². The fourth-order valence-corrected chi connectivity index (χ4v) is 3.62. The highest BCUT2D eigenvalue weighted by Crippen LogP contribution is 2.18. The van der Waals surface area contributed by atoms with Gasteiger partial charge in [0.05, 0.1) is 6.10 Å². The van der Waals surface area contributed by atoms with Crippen LogP contribution in [0.4, 0.5) is 5.69 Å². The quantitative estimate of drug-likeness (QED) is 0.434. The maximum absolute atomic E-state index is 12.3. The van der Waals surface area contributed by atoms with E-state index in [1.807, 2.05) is 58.9 Å². The Morgan fingerprint density at radius 1 is 1.26 bits per heavy atom. The number of hydrogen-bond donors (Lipinski definition) is 3. The first-order chi connectivity index (χ1) is 14.6. The van der Waals surface area contributed by atoms with E-state index in [0.717, 1.165) is 31.1 Å². The van der Waals surface area contributed by atoms with Crippen LogP contribution in [-0.2, 0) is 4.79 Å². The van der Waals surface area contributed by atoms with Crippen LogP contribution in [0.5, 0.6) is 5.75 Å². The minimum Gasteiger partial charge on any atom is -0.491 e. The van der Waals surface area contributed by atoms with Gasteiger partial charge in [-0.3, -0.25) is 4.79 Å². The Bertz CT molecular complexity index is 710. The zero-order chi connectivity index (χ0) is 22.9. The van der Waals surface area contributed by atoms with Crippen molar-refractivity contribution in [2.75, 3.05) is 38.0 Å². The molecular weight excluding hydrogens is 390 g/mol. The van der Waals surface area contributed by atoms with Crippen LogP contribution in [0.3, 0.4) is 0 Å². The van der Waals surface area contributed by atoms with E-state index in [-0.39, 0.29) is 24.1 Å². The average molecular weight is 432 g/mol. The molecule has 0 radical (unpaired) electrons. The maximum atomic E-state index is 12.3. The molecule has 1 aromatic carbocycles. The lowest BCUT2D eigenvalue weighted by Crippen LogP contribution is -2.44. The zero-order valence-electron chi connectivity index (χ0n) is 20.1. The lowest BCUT2D eigenvalue weighted by molar-refractivity contribution is -0.121. The molecule has 0 spiro atoms. The number of anilines is 1. The van der Waals surface area contributed by atoms with Crippen LogP contribution in [0.2, 0.25) is 0 Å². The number of likely N-dealkylation sites (tertiary alicyclic amines) is 1. The predicted octanol–water partition coefficient (Wildman–Crippen LogP) is 3.48. The van der Waals surface area contributed by atoms with Crippen LogP contribution in [0, 0.1) is 5.92 Å². The molecule has 1 fully saturated rings. The number of rotatable bonds is 8. The Labute approximate surface area is 188 Å². The van der Waals surface area contributed by atoms with Gasteiger partial charge < -0.3 is 25.6 Å². The van der Waals surface area contributed by atoms with Crippen molar-refractivity contribution in [2.24, 2.45) is 10.9 Å². The molecule has 31 heavy (non-hydrogen) atoms. The van der Waals surface area contributed by atoms with Crippen LogP contribution >= 0.6 is 0 Å². The van der Waals surface area contributed by atoms with Crippen molar-refractivity contribution in [2.45, 2.75) is 66.0 Å². The van der Waals surface area contributed by atoms with Crippen LogP contribution < -0.4 is 20.7 Å². The molecule has 0 bridgehead atoms. The van der Waals surface area contributed by atoms with E-state index in [2.05, 4.69) is 32.8 Å². The molecule has 0 saturated carbocycles. The molecule has 2 rings (SSSR count). The number of benzene rings is 1. The lowest BCUT2D eigenvalue weighted by Gasteiger charge is -2.32. The number of ether oxygens (including phenoxy) is 1. The second kappa shape index (κ2) is 11.9. The van der Waals surface area contributed by atoms with Gasteiger partial charge in [0.25, 0.3) is 0 Å². The summed E-state index contributed by atoms with van der Waals surface area (Å²) in [6, 6.07) is 7.80. The molecule has 3 N–H and O–H groups in total. The van der Waals surface area contributed by atoms with Crippen LogP contribution in [0.15, 0.2) is 29.3 Å². The largest absolute Gasteiger partial charge is 0.491 e. The van der Waals surface area contributed by atoms with Gasteiger partial charge in [-0.15, -0.1) is 0 Å². The maximum Gasteiger partial charge on any atom is 0.242 e. The first kappa shape index (κ1) is 25.0. The van der Waals surface area contributed by atoms with Gasteiger partial charge in [-0.1, -0.05) is 6.92 Å². The summed E-state index contributed by atoms with van der Waals surface area (Å²) in [5, 5.41) is 9.74. The van der Waals surface area contributed by atoms with Gasteiger partial charge in [-0.25, -0.2) is 4.99 Å². The van der Waals surface area contributed by atoms with Gasteiger partial charge >= 0.3 is 0 Å². The highest BCUT2D eigenvalue weighted by atomic mass is 16.5. The Morgan fingerprint density at radius 2 is 1.97 bits per heavy atom. The number of amides is 1.